The number of phenolic OH excluding ortho intramolecular Hbond substituents is 1. The van der Waals surface area contributed by atoms with Gasteiger partial charge in [-0.15, -0.1) is 0 Å². The summed E-state index contributed by atoms with van der Waals surface area (Å²) in [6.07, 6.45) is 1.73. The molecule has 0 bridgehead atoms. The Kier molecular flexibility index (Phi) is 4.69. The van der Waals surface area contributed by atoms with Crippen LogP contribution in [0.2, 0.25) is 5.02 Å². The summed E-state index contributed by atoms with van der Waals surface area (Å²) in [4.78, 5) is 4.20. The van der Waals surface area contributed by atoms with Crippen molar-refractivity contribution in [2.24, 2.45) is 0 Å². The molecule has 0 atom stereocenters. The number of rotatable bonds is 5. The average Bonchev–Trinajstić information content (AvgIpc) is 2.41. The first kappa shape index (κ1) is 14.5. The summed E-state index contributed by atoms with van der Waals surface area (Å²) >= 11 is 5.88. The average molecular weight is 293 g/mol. The molecule has 2 aromatic rings. The smallest absolute Gasteiger partial charge is 0.237 e. The third-order valence-electron chi connectivity index (χ3n) is 2.66. The Morgan fingerprint density at radius 1 is 1.30 bits per heavy atom. The van der Waals surface area contributed by atoms with E-state index in [4.69, 9.17) is 16.3 Å². The predicted octanol–water partition coefficient (Wildman–Crippen LogP) is 3.84. The molecule has 106 valence electrons. The number of halogens is 1. The minimum Gasteiger partial charge on any atom is -0.506 e. The van der Waals surface area contributed by atoms with Gasteiger partial charge in [-0.1, -0.05) is 23.7 Å². The van der Waals surface area contributed by atoms with E-state index in [2.05, 4.69) is 10.3 Å². The van der Waals surface area contributed by atoms with Crippen molar-refractivity contribution in [2.45, 2.75) is 26.5 Å². The van der Waals surface area contributed by atoms with Crippen molar-refractivity contribution in [1.82, 2.24) is 4.98 Å². The van der Waals surface area contributed by atoms with Gasteiger partial charge in [-0.3, -0.25) is 0 Å². The molecule has 0 aliphatic heterocycles. The molecule has 0 amide bonds. The fraction of sp³-hybridized carbons (Fsp3) is 0.267. The molecule has 5 heteroatoms. The molecule has 20 heavy (non-hydrogen) atoms. The number of aromatic hydroxyl groups is 1. The molecule has 0 saturated heterocycles. The second kappa shape index (κ2) is 6.48. The number of anilines is 1. The quantitative estimate of drug-likeness (QED) is 0.879. The highest BCUT2D eigenvalue weighted by Gasteiger charge is 2.09. The highest BCUT2D eigenvalue weighted by molar-refractivity contribution is 6.32. The van der Waals surface area contributed by atoms with Gasteiger partial charge in [-0.25, -0.2) is 4.98 Å². The lowest BCUT2D eigenvalue weighted by Crippen LogP contribution is -2.10. The Balaban J connectivity index is 2.13. The van der Waals surface area contributed by atoms with Gasteiger partial charge in [-0.2, -0.15) is 0 Å². The summed E-state index contributed by atoms with van der Waals surface area (Å²) in [5.41, 5.74) is 1.50. The maximum atomic E-state index is 9.87. The highest BCUT2D eigenvalue weighted by atomic mass is 35.5. The second-order valence-corrected chi connectivity index (χ2v) is 5.03. The van der Waals surface area contributed by atoms with Crippen LogP contribution in [0.5, 0.6) is 11.6 Å². The third kappa shape index (κ3) is 3.54. The van der Waals surface area contributed by atoms with Crippen molar-refractivity contribution in [3.63, 3.8) is 0 Å². The third-order valence-corrected chi connectivity index (χ3v) is 2.96. The maximum Gasteiger partial charge on any atom is 0.237 e. The van der Waals surface area contributed by atoms with E-state index in [1.54, 1.807) is 18.3 Å². The molecule has 2 rings (SSSR count). The lowest BCUT2D eigenvalue weighted by Gasteiger charge is -2.14. The molecule has 0 saturated carbocycles. The molecule has 1 aromatic carbocycles. The Hall–Kier alpha value is -1.94. The van der Waals surface area contributed by atoms with E-state index in [9.17, 15) is 5.11 Å². The molecule has 0 radical (unpaired) electrons. The van der Waals surface area contributed by atoms with E-state index >= 15 is 0 Å². The zero-order valence-corrected chi connectivity index (χ0v) is 12.2. The minimum absolute atomic E-state index is 0.0463. The Bertz CT molecular complexity index is 588. The Morgan fingerprint density at radius 3 is 2.85 bits per heavy atom. The number of hydrogen-bond donors (Lipinski definition) is 2. The molecular weight excluding hydrogens is 276 g/mol. The molecule has 0 unspecified atom stereocenters. The van der Waals surface area contributed by atoms with Crippen molar-refractivity contribution >= 4 is 17.3 Å². The monoisotopic (exact) mass is 292 g/mol. The minimum atomic E-state index is 0.0463. The van der Waals surface area contributed by atoms with E-state index in [1.165, 1.54) is 0 Å². The summed E-state index contributed by atoms with van der Waals surface area (Å²) in [6, 6.07) is 8.97. The molecular formula is C15H17ClN2O2. The lowest BCUT2D eigenvalue weighted by molar-refractivity contribution is 0.234. The highest BCUT2D eigenvalue weighted by Crippen LogP contribution is 2.28. The van der Waals surface area contributed by atoms with Crippen LogP contribution in [0.3, 0.4) is 0 Å². The fourth-order valence-corrected chi connectivity index (χ4v) is 1.93. The maximum absolute atomic E-state index is 9.87. The van der Waals surface area contributed by atoms with Crippen LogP contribution in [0.4, 0.5) is 5.69 Å². The van der Waals surface area contributed by atoms with E-state index in [0.717, 1.165) is 11.3 Å². The van der Waals surface area contributed by atoms with Gasteiger partial charge in [0, 0.05) is 18.3 Å². The van der Waals surface area contributed by atoms with Gasteiger partial charge in [0.25, 0.3) is 0 Å². The number of benzene rings is 1. The van der Waals surface area contributed by atoms with E-state index in [-0.39, 0.29) is 11.9 Å². The van der Waals surface area contributed by atoms with Crippen LogP contribution in [0.15, 0.2) is 36.5 Å². The van der Waals surface area contributed by atoms with Crippen LogP contribution in [0.25, 0.3) is 0 Å². The number of para-hydroxylation sites is 1. The summed E-state index contributed by atoms with van der Waals surface area (Å²) in [5, 5.41) is 13.4. The molecule has 2 N–H and O–H groups in total. The van der Waals surface area contributed by atoms with Crippen LogP contribution >= 0.6 is 11.6 Å². The number of aromatic nitrogens is 1. The molecule has 1 aromatic heterocycles. The predicted molar refractivity (Wildman–Crippen MR) is 80.4 cm³/mol. The standard InChI is InChI=1S/C15H17ClN2O2/c1-10(2)20-15-13(7-4-8-17-15)18-9-11-5-3-6-12(16)14(11)19/h3-8,10,18-19H,9H2,1-2H3. The number of pyridine rings is 1. The first-order valence-corrected chi connectivity index (χ1v) is 6.77. The SMILES string of the molecule is CC(C)Oc1ncccc1NCc1cccc(Cl)c1O. The van der Waals surface area contributed by atoms with E-state index in [1.807, 2.05) is 32.0 Å². The number of phenols is 1. The summed E-state index contributed by atoms with van der Waals surface area (Å²) in [7, 11) is 0. The molecule has 1 heterocycles. The summed E-state index contributed by atoms with van der Waals surface area (Å²) < 4.78 is 5.63. The first-order chi connectivity index (χ1) is 9.58. The summed E-state index contributed by atoms with van der Waals surface area (Å²) in [5.74, 6) is 0.640. The van der Waals surface area contributed by atoms with Gasteiger partial charge >= 0.3 is 0 Å². The molecule has 0 fully saturated rings. The van der Waals surface area contributed by atoms with Crippen molar-refractivity contribution in [2.75, 3.05) is 5.32 Å². The zero-order chi connectivity index (χ0) is 14.5. The number of nitrogens with zero attached hydrogens (tertiary/aromatic N) is 1. The number of ether oxygens (including phenoxy) is 1. The van der Waals surface area contributed by atoms with Crippen LogP contribution in [0, 0.1) is 0 Å². The Morgan fingerprint density at radius 2 is 2.10 bits per heavy atom. The van der Waals surface area contributed by atoms with Crippen molar-refractivity contribution in [3.8, 4) is 11.6 Å². The van der Waals surface area contributed by atoms with Crippen molar-refractivity contribution in [3.05, 3.63) is 47.1 Å². The van der Waals surface area contributed by atoms with Crippen LogP contribution in [0.1, 0.15) is 19.4 Å². The van der Waals surface area contributed by atoms with Gasteiger partial charge < -0.3 is 15.2 Å². The zero-order valence-electron chi connectivity index (χ0n) is 11.4. The fourth-order valence-electron chi connectivity index (χ4n) is 1.74. The Labute approximate surface area is 123 Å². The van der Waals surface area contributed by atoms with Crippen molar-refractivity contribution < 1.29 is 9.84 Å². The van der Waals surface area contributed by atoms with E-state index in [0.29, 0.717) is 17.4 Å². The van der Waals surface area contributed by atoms with Gasteiger partial charge in [-0.05, 0) is 32.0 Å². The molecule has 0 spiro atoms. The normalized spacial score (nSPS) is 10.6. The second-order valence-electron chi connectivity index (χ2n) is 4.62. The van der Waals surface area contributed by atoms with Crippen LogP contribution in [-0.4, -0.2) is 16.2 Å². The van der Waals surface area contributed by atoms with Crippen molar-refractivity contribution in [1.29, 1.82) is 0 Å². The molecule has 0 aliphatic rings. The topological polar surface area (TPSA) is 54.4 Å². The van der Waals surface area contributed by atoms with Gasteiger partial charge in [0.05, 0.1) is 16.8 Å². The van der Waals surface area contributed by atoms with Gasteiger partial charge in [0.2, 0.25) is 5.88 Å². The number of nitrogens with one attached hydrogen (secondary N) is 1. The largest absolute Gasteiger partial charge is 0.506 e. The molecule has 4 nitrogen and oxygen atoms in total. The van der Waals surface area contributed by atoms with Crippen LogP contribution < -0.4 is 10.1 Å². The summed E-state index contributed by atoms with van der Waals surface area (Å²) in [6.45, 7) is 4.33. The molecule has 0 aliphatic carbocycles. The lowest BCUT2D eigenvalue weighted by atomic mass is 10.2. The van der Waals surface area contributed by atoms with E-state index < -0.39 is 0 Å². The van der Waals surface area contributed by atoms with Crippen LogP contribution in [-0.2, 0) is 6.54 Å². The van der Waals surface area contributed by atoms with Gasteiger partial charge in [0.15, 0.2) is 0 Å². The first-order valence-electron chi connectivity index (χ1n) is 6.40. The number of hydrogen-bond acceptors (Lipinski definition) is 4. The van der Waals surface area contributed by atoms with Gasteiger partial charge in [0.1, 0.15) is 5.75 Å².